The number of aromatic hydroxyl groups is 1. The van der Waals surface area contributed by atoms with Gasteiger partial charge in [-0.1, -0.05) is 42.5 Å². The highest BCUT2D eigenvalue weighted by Gasteiger charge is 2.15. The van der Waals surface area contributed by atoms with Crippen LogP contribution in [0.15, 0.2) is 71.8 Å². The first-order valence-corrected chi connectivity index (χ1v) is 10.3. The summed E-state index contributed by atoms with van der Waals surface area (Å²) in [5, 5.41) is 14.9. The Kier molecular flexibility index (Phi) is 6.22. The number of carbonyl (C=O) groups is 1. The van der Waals surface area contributed by atoms with Crippen molar-refractivity contribution in [2.45, 2.75) is 6.92 Å². The Morgan fingerprint density at radius 2 is 1.67 bits per heavy atom. The first-order chi connectivity index (χ1) is 16.0. The largest absolute Gasteiger partial charge is 0.502 e. The summed E-state index contributed by atoms with van der Waals surface area (Å²) in [7, 11) is 2.88. The summed E-state index contributed by atoms with van der Waals surface area (Å²) in [4.78, 5) is 17.8. The van der Waals surface area contributed by atoms with Crippen LogP contribution in [0.1, 0.15) is 21.5 Å². The second kappa shape index (κ2) is 9.40. The first kappa shape index (κ1) is 21.8. The fourth-order valence-corrected chi connectivity index (χ4v) is 3.58. The van der Waals surface area contributed by atoms with Crippen molar-refractivity contribution in [2.24, 2.45) is 5.10 Å². The second-order valence-corrected chi connectivity index (χ2v) is 7.36. The monoisotopic (exact) mass is 441 g/mol. The molecule has 3 aromatic carbocycles. The number of nitrogens with zero attached hydrogens (tertiary/aromatic N) is 2. The molecular formula is C26H23N3O4. The Labute approximate surface area is 191 Å². The molecule has 0 fully saturated rings. The molecule has 0 saturated carbocycles. The smallest absolute Gasteiger partial charge is 0.272 e. The zero-order valence-electron chi connectivity index (χ0n) is 18.5. The number of amides is 1. The van der Waals surface area contributed by atoms with Gasteiger partial charge in [0.2, 0.25) is 5.75 Å². The zero-order chi connectivity index (χ0) is 23.4. The van der Waals surface area contributed by atoms with Crippen LogP contribution < -0.4 is 14.9 Å². The molecule has 0 spiro atoms. The molecule has 0 atom stereocenters. The average Bonchev–Trinajstić information content (AvgIpc) is 2.84. The molecule has 1 aromatic heterocycles. The summed E-state index contributed by atoms with van der Waals surface area (Å²) in [6.07, 6.45) is 1.45. The third kappa shape index (κ3) is 4.48. The minimum Gasteiger partial charge on any atom is -0.502 e. The van der Waals surface area contributed by atoms with Crippen molar-refractivity contribution < 1.29 is 19.4 Å². The van der Waals surface area contributed by atoms with E-state index in [0.717, 1.165) is 22.0 Å². The SMILES string of the molecule is COc1cc(/C=N\NC(=O)c2cc(-c3ccccc3C)nc3ccccc23)cc(OC)c1O. The molecule has 1 amide bonds. The van der Waals surface area contributed by atoms with Crippen LogP contribution in [0.25, 0.3) is 22.2 Å². The van der Waals surface area contributed by atoms with Gasteiger partial charge in [-0.3, -0.25) is 4.79 Å². The maximum atomic E-state index is 13.1. The number of methoxy groups -OCH3 is 2. The molecule has 4 rings (SSSR count). The standard InChI is InChI=1S/C26H23N3O4/c1-16-8-4-5-9-18(16)22-14-20(19-10-6-7-11-21(19)28-22)26(31)29-27-15-17-12-23(32-2)25(30)24(13-17)33-3/h4-15,30H,1-3H3,(H,29,31)/b27-15-. The van der Waals surface area contributed by atoms with E-state index in [4.69, 9.17) is 14.5 Å². The highest BCUT2D eigenvalue weighted by atomic mass is 16.5. The van der Waals surface area contributed by atoms with Gasteiger partial charge in [-0.25, -0.2) is 10.4 Å². The molecule has 166 valence electrons. The van der Waals surface area contributed by atoms with Crippen LogP contribution in [0.5, 0.6) is 17.2 Å². The summed E-state index contributed by atoms with van der Waals surface area (Å²) < 4.78 is 10.3. The topological polar surface area (TPSA) is 93.0 Å². The number of benzene rings is 3. The maximum Gasteiger partial charge on any atom is 0.272 e. The molecule has 0 unspecified atom stereocenters. The van der Waals surface area contributed by atoms with E-state index in [1.807, 2.05) is 55.5 Å². The van der Waals surface area contributed by atoms with Crippen molar-refractivity contribution in [2.75, 3.05) is 14.2 Å². The molecule has 0 saturated heterocycles. The Hall–Kier alpha value is -4.39. The molecule has 0 aliphatic heterocycles. The van der Waals surface area contributed by atoms with E-state index in [1.165, 1.54) is 20.4 Å². The third-order valence-corrected chi connectivity index (χ3v) is 5.26. The fraction of sp³-hybridized carbons (Fsp3) is 0.115. The number of aromatic nitrogens is 1. The minimum absolute atomic E-state index is 0.104. The molecule has 0 bridgehead atoms. The van der Waals surface area contributed by atoms with Gasteiger partial charge in [-0.05, 0) is 36.8 Å². The number of hydrogen-bond donors (Lipinski definition) is 2. The number of phenolic OH excluding ortho intramolecular Hbond substituents is 1. The Balaban J connectivity index is 1.67. The van der Waals surface area contributed by atoms with Crippen molar-refractivity contribution in [3.05, 3.63) is 83.4 Å². The van der Waals surface area contributed by atoms with Crippen LogP contribution in [0, 0.1) is 6.92 Å². The quantitative estimate of drug-likeness (QED) is 0.334. The molecule has 2 N–H and O–H groups in total. The molecule has 33 heavy (non-hydrogen) atoms. The second-order valence-electron chi connectivity index (χ2n) is 7.36. The lowest BCUT2D eigenvalue weighted by Gasteiger charge is -2.11. The maximum absolute atomic E-state index is 13.1. The molecule has 7 heteroatoms. The Bertz CT molecular complexity index is 1340. The van der Waals surface area contributed by atoms with Gasteiger partial charge in [0.1, 0.15) is 0 Å². The minimum atomic E-state index is -0.364. The molecule has 0 aliphatic rings. The van der Waals surface area contributed by atoms with Crippen LogP contribution in [-0.2, 0) is 0 Å². The number of rotatable bonds is 6. The summed E-state index contributed by atoms with van der Waals surface area (Å²) in [6, 6.07) is 20.4. The lowest BCUT2D eigenvalue weighted by atomic mass is 10.0. The van der Waals surface area contributed by atoms with Crippen LogP contribution in [0.3, 0.4) is 0 Å². The molecule has 4 aromatic rings. The molecule has 0 aliphatic carbocycles. The average molecular weight is 441 g/mol. The van der Waals surface area contributed by atoms with Gasteiger partial charge >= 0.3 is 0 Å². The predicted octanol–water partition coefficient (Wildman–Crippen LogP) is 4.70. The summed E-state index contributed by atoms with van der Waals surface area (Å²) >= 11 is 0. The van der Waals surface area contributed by atoms with Crippen molar-refractivity contribution in [3.63, 3.8) is 0 Å². The lowest BCUT2D eigenvalue weighted by Crippen LogP contribution is -2.18. The lowest BCUT2D eigenvalue weighted by molar-refractivity contribution is 0.0956. The van der Waals surface area contributed by atoms with Crippen molar-refractivity contribution in [1.82, 2.24) is 10.4 Å². The number of para-hydroxylation sites is 1. The van der Waals surface area contributed by atoms with Gasteiger partial charge in [0.15, 0.2) is 11.5 Å². The Morgan fingerprint density at radius 3 is 2.36 bits per heavy atom. The van der Waals surface area contributed by atoms with Crippen LogP contribution in [-0.4, -0.2) is 36.4 Å². The number of hydrazone groups is 1. The number of ether oxygens (including phenoxy) is 2. The molecule has 1 heterocycles. The van der Waals surface area contributed by atoms with Crippen LogP contribution in [0.2, 0.25) is 0 Å². The van der Waals surface area contributed by atoms with Crippen LogP contribution >= 0.6 is 0 Å². The first-order valence-electron chi connectivity index (χ1n) is 10.3. The molecule has 0 radical (unpaired) electrons. The number of fused-ring (bicyclic) bond motifs is 1. The molecular weight excluding hydrogens is 418 g/mol. The van der Waals surface area contributed by atoms with E-state index < -0.39 is 0 Å². The number of hydrogen-bond acceptors (Lipinski definition) is 6. The highest BCUT2D eigenvalue weighted by molar-refractivity contribution is 6.07. The van der Waals surface area contributed by atoms with Gasteiger partial charge in [0.25, 0.3) is 5.91 Å². The summed E-state index contributed by atoms with van der Waals surface area (Å²) in [6.45, 7) is 2.01. The van der Waals surface area contributed by atoms with Gasteiger partial charge in [-0.15, -0.1) is 0 Å². The van der Waals surface area contributed by atoms with E-state index in [2.05, 4.69) is 10.5 Å². The number of nitrogens with one attached hydrogen (secondary N) is 1. The van der Waals surface area contributed by atoms with E-state index in [0.29, 0.717) is 16.8 Å². The summed E-state index contributed by atoms with van der Waals surface area (Å²) in [5.41, 5.74) is 7.11. The number of pyridine rings is 1. The normalized spacial score (nSPS) is 11.0. The van der Waals surface area contributed by atoms with E-state index in [-0.39, 0.29) is 23.2 Å². The third-order valence-electron chi connectivity index (χ3n) is 5.26. The van der Waals surface area contributed by atoms with Crippen LogP contribution in [0.4, 0.5) is 0 Å². The summed E-state index contributed by atoms with van der Waals surface area (Å²) in [5.74, 6) is 0.0147. The highest BCUT2D eigenvalue weighted by Crippen LogP contribution is 2.36. The molecule has 7 nitrogen and oxygen atoms in total. The van der Waals surface area contributed by atoms with E-state index >= 15 is 0 Å². The Morgan fingerprint density at radius 1 is 1.00 bits per heavy atom. The zero-order valence-corrected chi connectivity index (χ0v) is 18.5. The number of carbonyl (C=O) groups excluding carboxylic acids is 1. The van der Waals surface area contributed by atoms with Gasteiger partial charge in [0.05, 0.1) is 37.2 Å². The van der Waals surface area contributed by atoms with Gasteiger partial charge < -0.3 is 14.6 Å². The fourth-order valence-electron chi connectivity index (χ4n) is 3.58. The van der Waals surface area contributed by atoms with Crippen molar-refractivity contribution in [3.8, 4) is 28.5 Å². The predicted molar refractivity (Wildman–Crippen MR) is 128 cm³/mol. The van der Waals surface area contributed by atoms with E-state index in [1.54, 1.807) is 18.2 Å². The van der Waals surface area contributed by atoms with Crippen molar-refractivity contribution >= 4 is 23.0 Å². The number of aryl methyl sites for hydroxylation is 1. The number of phenols is 1. The van der Waals surface area contributed by atoms with Gasteiger partial charge in [0, 0.05) is 16.5 Å². The van der Waals surface area contributed by atoms with Gasteiger partial charge in [-0.2, -0.15) is 5.10 Å². The van der Waals surface area contributed by atoms with E-state index in [9.17, 15) is 9.90 Å². The van der Waals surface area contributed by atoms with Crippen molar-refractivity contribution in [1.29, 1.82) is 0 Å².